The van der Waals surface area contributed by atoms with E-state index in [2.05, 4.69) is 27.0 Å². The van der Waals surface area contributed by atoms with Gasteiger partial charge < -0.3 is 18.9 Å². The van der Waals surface area contributed by atoms with Gasteiger partial charge in [0.2, 0.25) is 0 Å². The van der Waals surface area contributed by atoms with E-state index in [4.69, 9.17) is 8.94 Å². The van der Waals surface area contributed by atoms with Crippen LogP contribution in [0, 0.1) is 0 Å². The summed E-state index contributed by atoms with van der Waals surface area (Å²) in [5, 5.41) is 14.3. The summed E-state index contributed by atoms with van der Waals surface area (Å²) < 4.78 is 10.2. The Labute approximate surface area is 141 Å². The molecule has 1 aliphatic heterocycles. The van der Waals surface area contributed by atoms with Crippen LogP contribution in [0.25, 0.3) is 11.5 Å². The normalized spacial score (nSPS) is 18.3. The molecule has 8 nitrogen and oxygen atoms in total. The summed E-state index contributed by atoms with van der Waals surface area (Å²) in [5.41, 5.74) is 0.770. The largest absolute Gasteiger partial charge is 0.472 e. The summed E-state index contributed by atoms with van der Waals surface area (Å²) in [6.45, 7) is 5.94. The summed E-state index contributed by atoms with van der Waals surface area (Å²) in [6, 6.07) is 1.78. The third kappa shape index (κ3) is 4.64. The molecule has 0 amide bonds. The van der Waals surface area contributed by atoms with Gasteiger partial charge in [0, 0.05) is 39.3 Å². The highest BCUT2D eigenvalue weighted by atomic mass is 16.5. The van der Waals surface area contributed by atoms with Gasteiger partial charge in [0.05, 0.1) is 24.5 Å². The van der Waals surface area contributed by atoms with Crippen molar-refractivity contribution >= 4 is 0 Å². The first kappa shape index (κ1) is 17.1. The number of nitrogens with zero attached hydrogens (tertiary/aromatic N) is 5. The average Bonchev–Trinajstić information content (AvgIpc) is 3.20. The molecular formula is C16H25N5O3. The Hall–Kier alpha value is -1.74. The maximum absolute atomic E-state index is 10.3. The molecule has 8 heteroatoms. The zero-order valence-corrected chi connectivity index (χ0v) is 14.3. The van der Waals surface area contributed by atoms with Crippen LogP contribution in [0.2, 0.25) is 0 Å². The lowest BCUT2D eigenvalue weighted by Crippen LogP contribution is -2.48. The molecule has 1 unspecified atom stereocenters. The molecule has 1 saturated heterocycles. The Morgan fingerprint density at radius 3 is 2.83 bits per heavy atom. The molecule has 1 fully saturated rings. The monoisotopic (exact) mass is 335 g/mol. The Bertz CT molecular complexity index is 607. The van der Waals surface area contributed by atoms with Crippen LogP contribution in [0.3, 0.4) is 0 Å². The summed E-state index contributed by atoms with van der Waals surface area (Å²) in [7, 11) is 4.07. The van der Waals surface area contributed by atoms with Gasteiger partial charge in [-0.3, -0.25) is 9.80 Å². The molecule has 0 bridgehead atoms. The van der Waals surface area contributed by atoms with Crippen LogP contribution in [0.4, 0.5) is 0 Å². The van der Waals surface area contributed by atoms with Crippen molar-refractivity contribution in [1.29, 1.82) is 0 Å². The third-order valence-electron chi connectivity index (χ3n) is 4.23. The number of likely N-dealkylation sites (N-methyl/N-ethyl adjacent to an activating group) is 2. The fourth-order valence-corrected chi connectivity index (χ4v) is 2.87. The molecule has 0 radical (unpaired) electrons. The van der Waals surface area contributed by atoms with Crippen LogP contribution >= 0.6 is 0 Å². The quantitative estimate of drug-likeness (QED) is 0.777. The van der Waals surface area contributed by atoms with E-state index >= 15 is 0 Å². The van der Waals surface area contributed by atoms with Gasteiger partial charge in [0.1, 0.15) is 6.26 Å². The van der Waals surface area contributed by atoms with E-state index in [9.17, 15) is 5.11 Å². The molecule has 0 saturated carbocycles. The lowest BCUT2D eigenvalue weighted by molar-refractivity contribution is 0.0588. The summed E-state index contributed by atoms with van der Waals surface area (Å²) >= 11 is 0. The first-order valence-corrected chi connectivity index (χ1v) is 8.23. The molecule has 1 atom stereocenters. The number of furan rings is 1. The summed E-state index contributed by atoms with van der Waals surface area (Å²) in [4.78, 5) is 11.0. The van der Waals surface area contributed by atoms with Gasteiger partial charge in [-0.2, -0.15) is 4.98 Å². The Morgan fingerprint density at radius 2 is 2.12 bits per heavy atom. The van der Waals surface area contributed by atoms with E-state index in [-0.39, 0.29) is 0 Å². The van der Waals surface area contributed by atoms with Gasteiger partial charge in [-0.15, -0.1) is 0 Å². The highest BCUT2D eigenvalue weighted by molar-refractivity contribution is 5.49. The molecule has 3 heterocycles. The van der Waals surface area contributed by atoms with Crippen LogP contribution < -0.4 is 0 Å². The van der Waals surface area contributed by atoms with Crippen LogP contribution in [0.1, 0.15) is 5.82 Å². The number of aromatic nitrogens is 2. The van der Waals surface area contributed by atoms with Crippen molar-refractivity contribution in [3.8, 4) is 11.5 Å². The van der Waals surface area contributed by atoms with Crippen LogP contribution in [-0.4, -0.2) is 89.4 Å². The van der Waals surface area contributed by atoms with Crippen molar-refractivity contribution in [1.82, 2.24) is 24.8 Å². The number of hydrogen-bond acceptors (Lipinski definition) is 8. The molecule has 2 aromatic rings. The highest BCUT2D eigenvalue weighted by Gasteiger charge is 2.19. The van der Waals surface area contributed by atoms with Gasteiger partial charge in [-0.1, -0.05) is 5.16 Å². The smallest absolute Gasteiger partial charge is 0.261 e. The van der Waals surface area contributed by atoms with E-state index < -0.39 is 6.10 Å². The summed E-state index contributed by atoms with van der Waals surface area (Å²) in [5.74, 6) is 1.05. The van der Waals surface area contributed by atoms with Crippen LogP contribution in [-0.2, 0) is 6.54 Å². The standard InChI is InChI=1S/C16H25N5O3/c1-19-4-6-21(7-5-19)10-14(22)9-20(2)11-15-17-16(24-18-15)13-3-8-23-12-13/h3,8,12,14,22H,4-7,9-11H2,1-2H3. The number of hydrogen-bond donors (Lipinski definition) is 1. The molecule has 24 heavy (non-hydrogen) atoms. The molecule has 0 aromatic carbocycles. The SMILES string of the molecule is CN1CCN(CC(O)CN(C)Cc2noc(-c3ccoc3)n2)CC1. The molecule has 0 aliphatic carbocycles. The lowest BCUT2D eigenvalue weighted by atomic mass is 10.2. The fourth-order valence-electron chi connectivity index (χ4n) is 2.87. The van der Waals surface area contributed by atoms with Crippen molar-refractivity contribution in [2.45, 2.75) is 12.6 Å². The number of β-amino-alcohol motifs (C(OH)–C–C–N with tert-alkyl or cyclic N) is 1. The number of aliphatic hydroxyl groups is 1. The Morgan fingerprint density at radius 1 is 1.33 bits per heavy atom. The predicted octanol–water partition coefficient (Wildman–Crippen LogP) is 0.370. The van der Waals surface area contributed by atoms with E-state index in [1.807, 2.05) is 11.9 Å². The first-order valence-electron chi connectivity index (χ1n) is 8.23. The molecule has 0 spiro atoms. The predicted molar refractivity (Wildman–Crippen MR) is 88.3 cm³/mol. The van der Waals surface area contributed by atoms with Gasteiger partial charge in [-0.25, -0.2) is 0 Å². The van der Waals surface area contributed by atoms with E-state index in [1.165, 1.54) is 0 Å². The zero-order valence-electron chi connectivity index (χ0n) is 14.3. The minimum absolute atomic E-state index is 0.390. The highest BCUT2D eigenvalue weighted by Crippen LogP contribution is 2.17. The fraction of sp³-hybridized carbons (Fsp3) is 0.625. The molecule has 132 valence electrons. The second-order valence-electron chi connectivity index (χ2n) is 6.48. The van der Waals surface area contributed by atoms with Gasteiger partial charge >= 0.3 is 0 Å². The number of rotatable bonds is 7. The van der Waals surface area contributed by atoms with Crippen molar-refractivity contribution in [2.24, 2.45) is 0 Å². The minimum Gasteiger partial charge on any atom is -0.472 e. The molecule has 1 N–H and O–H groups in total. The zero-order chi connectivity index (χ0) is 16.9. The van der Waals surface area contributed by atoms with E-state index in [0.29, 0.717) is 31.3 Å². The van der Waals surface area contributed by atoms with Crippen LogP contribution in [0.15, 0.2) is 27.5 Å². The van der Waals surface area contributed by atoms with Crippen molar-refractivity contribution < 1.29 is 14.0 Å². The van der Waals surface area contributed by atoms with E-state index in [1.54, 1.807) is 18.6 Å². The first-order chi connectivity index (χ1) is 11.6. The van der Waals surface area contributed by atoms with Crippen molar-refractivity contribution in [2.75, 3.05) is 53.4 Å². The average molecular weight is 335 g/mol. The van der Waals surface area contributed by atoms with Gasteiger partial charge in [0.15, 0.2) is 5.82 Å². The minimum atomic E-state index is -0.390. The van der Waals surface area contributed by atoms with Crippen molar-refractivity contribution in [3.05, 3.63) is 24.4 Å². The lowest BCUT2D eigenvalue weighted by Gasteiger charge is -2.34. The molecule has 1 aliphatic rings. The number of piperazine rings is 1. The van der Waals surface area contributed by atoms with E-state index in [0.717, 1.165) is 31.7 Å². The Balaban J connectivity index is 1.44. The topological polar surface area (TPSA) is 82.0 Å². The number of aliphatic hydroxyl groups excluding tert-OH is 1. The molecule has 3 rings (SSSR count). The molecule has 2 aromatic heterocycles. The molecular weight excluding hydrogens is 310 g/mol. The Kier molecular flexibility index (Phi) is 5.62. The summed E-state index contributed by atoms with van der Waals surface area (Å²) in [6.07, 6.45) is 2.75. The maximum Gasteiger partial charge on any atom is 0.261 e. The van der Waals surface area contributed by atoms with Gasteiger partial charge in [-0.05, 0) is 20.2 Å². The third-order valence-corrected chi connectivity index (χ3v) is 4.23. The second-order valence-corrected chi connectivity index (χ2v) is 6.48. The second kappa shape index (κ2) is 7.89. The van der Waals surface area contributed by atoms with Gasteiger partial charge in [0.25, 0.3) is 5.89 Å². The van der Waals surface area contributed by atoms with Crippen molar-refractivity contribution in [3.63, 3.8) is 0 Å². The van der Waals surface area contributed by atoms with Crippen LogP contribution in [0.5, 0.6) is 0 Å². The maximum atomic E-state index is 10.3.